The lowest BCUT2D eigenvalue weighted by atomic mass is 9.79. The van der Waals surface area contributed by atoms with Crippen molar-refractivity contribution < 1.29 is 0 Å². The van der Waals surface area contributed by atoms with Gasteiger partial charge in [0.25, 0.3) is 0 Å². The van der Waals surface area contributed by atoms with Crippen LogP contribution < -0.4 is 0 Å². The summed E-state index contributed by atoms with van der Waals surface area (Å²) in [7, 11) is 0. The van der Waals surface area contributed by atoms with Gasteiger partial charge in [-0.05, 0) is 43.4 Å². The van der Waals surface area contributed by atoms with E-state index in [1.54, 1.807) is 25.7 Å². The Morgan fingerprint density at radius 3 is 2.00 bits per heavy atom. The van der Waals surface area contributed by atoms with Gasteiger partial charge in [-0.3, -0.25) is 0 Å². The molecule has 0 aromatic heterocycles. The molecule has 2 atom stereocenters. The summed E-state index contributed by atoms with van der Waals surface area (Å²) in [6, 6.07) is 0. The molecule has 1 heteroatoms. The van der Waals surface area contributed by atoms with E-state index in [9.17, 15) is 0 Å². The van der Waals surface area contributed by atoms with Crippen molar-refractivity contribution in [2.24, 2.45) is 11.3 Å². The van der Waals surface area contributed by atoms with Crippen LogP contribution in [0.3, 0.4) is 0 Å². The molecule has 0 nitrogen and oxygen atoms in total. The highest BCUT2D eigenvalue weighted by Crippen LogP contribution is 2.49. The van der Waals surface area contributed by atoms with E-state index < -0.39 is 0 Å². The smallest absolute Gasteiger partial charge is 0.0297 e. The van der Waals surface area contributed by atoms with E-state index in [4.69, 9.17) is 0 Å². The zero-order valence-electron chi connectivity index (χ0n) is 11.9. The first-order valence-electron chi connectivity index (χ1n) is 7.35. The molecule has 16 heavy (non-hydrogen) atoms. The van der Waals surface area contributed by atoms with E-state index >= 15 is 0 Å². The maximum absolute atomic E-state index is 2.37. The molecule has 2 saturated carbocycles. The fourth-order valence-electron chi connectivity index (χ4n) is 3.58. The van der Waals surface area contributed by atoms with Crippen molar-refractivity contribution in [1.29, 1.82) is 0 Å². The second-order valence-electron chi connectivity index (χ2n) is 5.41. The summed E-state index contributed by atoms with van der Waals surface area (Å²) >= 11 is 0. The summed E-state index contributed by atoms with van der Waals surface area (Å²) in [4.78, 5) is 0. The van der Waals surface area contributed by atoms with Crippen LogP contribution in [0.1, 0.15) is 85.0 Å². The van der Waals surface area contributed by atoms with E-state index in [-0.39, 0.29) is 9.90 Å². The van der Waals surface area contributed by atoms with E-state index in [2.05, 4.69) is 6.92 Å². The van der Waals surface area contributed by atoms with Gasteiger partial charge < -0.3 is 0 Å². The number of rotatable bonds is 1. The Bertz CT molecular complexity index is 159. The molecule has 0 amide bonds. The predicted molar refractivity (Wildman–Crippen MR) is 80.2 cm³/mol. The minimum Gasteiger partial charge on any atom is -0.153 e. The molecule has 2 fully saturated rings. The van der Waals surface area contributed by atoms with Gasteiger partial charge in [0, 0.05) is 0 Å². The second-order valence-corrected chi connectivity index (χ2v) is 5.41. The Hall–Kier alpha value is 0.430. The topological polar surface area (TPSA) is 0 Å². The molecule has 1 spiro atoms. The van der Waals surface area contributed by atoms with Gasteiger partial charge in [-0.2, -0.15) is 9.90 Å². The van der Waals surface area contributed by atoms with Crippen LogP contribution >= 0.6 is 9.90 Å². The summed E-state index contributed by atoms with van der Waals surface area (Å²) < 4.78 is 0. The summed E-state index contributed by atoms with van der Waals surface area (Å²) in [5.74, 6) is 1.07. The van der Waals surface area contributed by atoms with Gasteiger partial charge >= 0.3 is 0 Å². The van der Waals surface area contributed by atoms with Gasteiger partial charge in [0.2, 0.25) is 0 Å². The largest absolute Gasteiger partial charge is 0.153 e. The maximum atomic E-state index is 2.37. The average molecular weight is 244 g/mol. The van der Waals surface area contributed by atoms with Crippen LogP contribution in [0.25, 0.3) is 0 Å². The third kappa shape index (κ3) is 4.36. The van der Waals surface area contributed by atoms with Gasteiger partial charge in [0.15, 0.2) is 0 Å². The van der Waals surface area contributed by atoms with Crippen molar-refractivity contribution in [3.8, 4) is 0 Å². The van der Waals surface area contributed by atoms with Crippen molar-refractivity contribution in [1.82, 2.24) is 0 Å². The predicted octanol–water partition coefficient (Wildman–Crippen LogP) is 5.62. The molecule has 2 rings (SSSR count). The van der Waals surface area contributed by atoms with E-state index in [1.807, 2.05) is 13.8 Å². The molecule has 0 aromatic rings. The molecule has 0 bridgehead atoms. The highest BCUT2D eigenvalue weighted by Gasteiger charge is 2.35. The van der Waals surface area contributed by atoms with Crippen molar-refractivity contribution in [3.63, 3.8) is 0 Å². The van der Waals surface area contributed by atoms with Crippen LogP contribution in [0, 0.1) is 11.3 Å². The fraction of sp³-hybridized carbons (Fsp3) is 1.00. The molecule has 2 aliphatic rings. The van der Waals surface area contributed by atoms with Gasteiger partial charge in [-0.1, -0.05) is 52.9 Å². The molecule has 0 N–H and O–H groups in total. The zero-order valence-corrected chi connectivity index (χ0v) is 13.3. The number of hydrogen-bond donors (Lipinski definition) is 0. The molecule has 0 radical (unpaired) electrons. The van der Waals surface area contributed by atoms with E-state index in [0.717, 1.165) is 11.3 Å². The highest BCUT2D eigenvalue weighted by molar-refractivity contribution is 6.92. The van der Waals surface area contributed by atoms with Gasteiger partial charge in [-0.25, -0.2) is 0 Å². The Kier molecular flexibility index (Phi) is 8.74. The molecule has 98 valence electrons. The molecule has 0 heterocycles. The summed E-state index contributed by atoms with van der Waals surface area (Å²) in [5, 5.41) is 0. The monoisotopic (exact) mass is 244 g/mol. The van der Waals surface area contributed by atoms with Crippen LogP contribution in [0.5, 0.6) is 0 Å². The van der Waals surface area contributed by atoms with Crippen molar-refractivity contribution in [2.75, 3.05) is 0 Å². The normalized spacial score (nSPS) is 27.6. The molecular weight excluding hydrogens is 211 g/mol. The van der Waals surface area contributed by atoms with Gasteiger partial charge in [0.05, 0.1) is 0 Å². The Morgan fingerprint density at radius 1 is 0.875 bits per heavy atom. The van der Waals surface area contributed by atoms with Crippen LogP contribution in [0.2, 0.25) is 0 Å². The van der Waals surface area contributed by atoms with E-state index in [1.165, 1.54) is 38.5 Å². The van der Waals surface area contributed by atoms with Crippen molar-refractivity contribution in [2.45, 2.75) is 85.0 Å². The van der Waals surface area contributed by atoms with E-state index in [0.29, 0.717) is 0 Å². The molecule has 0 aliphatic heterocycles. The quantitative estimate of drug-likeness (QED) is 0.525. The fourth-order valence-corrected chi connectivity index (χ4v) is 3.58. The second kappa shape index (κ2) is 8.51. The Morgan fingerprint density at radius 2 is 1.44 bits per heavy atom. The molecule has 2 unspecified atom stereocenters. The minimum atomic E-state index is 0. The van der Waals surface area contributed by atoms with Crippen molar-refractivity contribution in [3.05, 3.63) is 0 Å². The van der Waals surface area contributed by atoms with Crippen molar-refractivity contribution >= 4 is 9.90 Å². The van der Waals surface area contributed by atoms with Gasteiger partial charge in [0.1, 0.15) is 0 Å². The average Bonchev–Trinajstić information content (AvgIpc) is 2.64. The van der Waals surface area contributed by atoms with Crippen LogP contribution in [-0.2, 0) is 0 Å². The van der Waals surface area contributed by atoms with Crippen LogP contribution in [0.4, 0.5) is 0 Å². The summed E-state index contributed by atoms with van der Waals surface area (Å²) in [6.07, 6.45) is 15.3. The van der Waals surface area contributed by atoms with Gasteiger partial charge in [-0.15, -0.1) is 0 Å². The molecule has 0 aromatic carbocycles. The lowest BCUT2D eigenvalue weighted by molar-refractivity contribution is 0.249. The standard InChI is InChI=1S/C13H24.C2H6.H3P/c1-2-12-6-5-10-13(11-7-12)8-3-4-9-13;1-2;/h12H,2-11H2,1H3;1-2H3;1H3. The Labute approximate surface area is 107 Å². The Balaban J connectivity index is 0.000000711. The zero-order chi connectivity index (χ0) is 11.1. The summed E-state index contributed by atoms with van der Waals surface area (Å²) in [5.41, 5.74) is 0.837. The first-order valence-corrected chi connectivity index (χ1v) is 7.35. The minimum absolute atomic E-state index is 0. The molecule has 0 saturated heterocycles. The molecular formula is C15H33P. The first kappa shape index (κ1) is 16.4. The SMILES string of the molecule is CC.CCC1CCCC2(CCCC2)CC1.P. The lowest BCUT2D eigenvalue weighted by Gasteiger charge is -2.27. The third-order valence-electron chi connectivity index (χ3n) is 4.64. The maximum Gasteiger partial charge on any atom is -0.0297 e. The summed E-state index contributed by atoms with van der Waals surface area (Å²) in [6.45, 7) is 6.37. The number of hydrogen-bond acceptors (Lipinski definition) is 0. The lowest BCUT2D eigenvalue weighted by Crippen LogP contribution is -2.14. The van der Waals surface area contributed by atoms with Crippen LogP contribution in [-0.4, -0.2) is 0 Å². The van der Waals surface area contributed by atoms with Crippen LogP contribution in [0.15, 0.2) is 0 Å². The third-order valence-corrected chi connectivity index (χ3v) is 4.64. The first-order chi connectivity index (χ1) is 7.35. The highest BCUT2D eigenvalue weighted by atomic mass is 31.0. The molecule has 2 aliphatic carbocycles.